The van der Waals surface area contributed by atoms with Gasteiger partial charge in [0, 0.05) is 32.2 Å². The minimum atomic E-state index is -0.536. The Bertz CT molecular complexity index is 563. The van der Waals surface area contributed by atoms with E-state index in [1.165, 1.54) is 5.56 Å². The van der Waals surface area contributed by atoms with Gasteiger partial charge in [-0.25, -0.2) is 4.79 Å². The van der Waals surface area contributed by atoms with Crippen molar-refractivity contribution in [3.8, 4) is 0 Å². The largest absolute Gasteiger partial charge is 0.447 e. The number of hydrogen-bond donors (Lipinski definition) is 1. The third kappa shape index (κ3) is 3.82. The van der Waals surface area contributed by atoms with E-state index in [9.17, 15) is 9.59 Å². The summed E-state index contributed by atoms with van der Waals surface area (Å²) in [6, 6.07) is 9.96. The third-order valence-corrected chi connectivity index (χ3v) is 4.43. The van der Waals surface area contributed by atoms with Crippen molar-refractivity contribution in [3.63, 3.8) is 0 Å². The topological polar surface area (TPSA) is 61.9 Å². The molecule has 0 aliphatic carbocycles. The summed E-state index contributed by atoms with van der Waals surface area (Å²) in [5, 5.41) is 2.58. The number of ether oxygens (including phenoxy) is 1. The van der Waals surface area contributed by atoms with Crippen molar-refractivity contribution in [2.24, 2.45) is 0 Å². The Morgan fingerprint density at radius 3 is 2.78 bits per heavy atom. The molecule has 2 heterocycles. The Balaban J connectivity index is 1.60. The maximum absolute atomic E-state index is 12.6. The van der Waals surface area contributed by atoms with E-state index in [0.29, 0.717) is 0 Å². The van der Waals surface area contributed by atoms with E-state index in [2.05, 4.69) is 41.4 Å². The van der Waals surface area contributed by atoms with Gasteiger partial charge in [-0.1, -0.05) is 30.3 Å². The highest BCUT2D eigenvalue weighted by atomic mass is 16.6. The van der Waals surface area contributed by atoms with Gasteiger partial charge in [-0.2, -0.15) is 0 Å². The second-order valence-corrected chi connectivity index (χ2v) is 6.25. The highest BCUT2D eigenvalue weighted by Gasteiger charge is 2.35. The highest BCUT2D eigenvalue weighted by molar-refractivity contribution is 5.88. The lowest BCUT2D eigenvalue weighted by Gasteiger charge is -2.30. The van der Waals surface area contributed by atoms with Crippen molar-refractivity contribution in [1.29, 1.82) is 0 Å². The van der Waals surface area contributed by atoms with E-state index < -0.39 is 12.1 Å². The van der Waals surface area contributed by atoms with Gasteiger partial charge in [-0.15, -0.1) is 0 Å². The van der Waals surface area contributed by atoms with Crippen molar-refractivity contribution >= 4 is 12.0 Å². The molecule has 0 saturated carbocycles. The molecular formula is C17H23N3O3. The molecule has 124 valence electrons. The monoisotopic (exact) mass is 317 g/mol. The molecule has 2 aliphatic rings. The fourth-order valence-corrected chi connectivity index (χ4v) is 3.28. The first-order valence-electron chi connectivity index (χ1n) is 8.13. The zero-order valence-electron chi connectivity index (χ0n) is 13.4. The zero-order valence-corrected chi connectivity index (χ0v) is 13.4. The van der Waals surface area contributed by atoms with E-state index in [1.807, 2.05) is 11.0 Å². The van der Waals surface area contributed by atoms with Crippen LogP contribution in [0.4, 0.5) is 4.79 Å². The van der Waals surface area contributed by atoms with Crippen LogP contribution in [0.1, 0.15) is 18.9 Å². The van der Waals surface area contributed by atoms with Gasteiger partial charge in [0.05, 0.1) is 0 Å². The number of nitrogens with one attached hydrogen (secondary N) is 1. The molecule has 23 heavy (non-hydrogen) atoms. The molecule has 2 fully saturated rings. The number of carbonyl (C=O) groups is 2. The molecule has 2 saturated heterocycles. The molecule has 0 spiro atoms. The molecule has 0 bridgehead atoms. The Morgan fingerprint density at radius 1 is 1.30 bits per heavy atom. The summed E-state index contributed by atoms with van der Waals surface area (Å²) < 4.78 is 4.84. The van der Waals surface area contributed by atoms with Crippen molar-refractivity contribution in [2.45, 2.75) is 32.0 Å². The van der Waals surface area contributed by atoms with E-state index in [0.717, 1.165) is 32.6 Å². The average Bonchev–Trinajstić information content (AvgIpc) is 2.89. The Labute approximate surface area is 136 Å². The lowest BCUT2D eigenvalue weighted by molar-refractivity contribution is -0.135. The van der Waals surface area contributed by atoms with E-state index in [1.54, 1.807) is 0 Å². The van der Waals surface area contributed by atoms with Gasteiger partial charge in [0.2, 0.25) is 5.91 Å². The first-order valence-corrected chi connectivity index (χ1v) is 8.13. The van der Waals surface area contributed by atoms with E-state index in [4.69, 9.17) is 4.74 Å². The van der Waals surface area contributed by atoms with Crippen LogP contribution in [0, 0.1) is 0 Å². The fraction of sp³-hybridized carbons (Fsp3) is 0.529. The standard InChI is InChI=1S/C17H23N3O3/c1-13-10-19(11-14-6-3-2-4-7-14)8-5-9-20(13)16(21)15-12-23-17(22)18-15/h2-4,6-7,13,15H,5,8-12H2,1H3,(H,18,22)/t13?,15-/m1/s1. The maximum atomic E-state index is 12.6. The first kappa shape index (κ1) is 15.8. The molecular weight excluding hydrogens is 294 g/mol. The predicted molar refractivity (Wildman–Crippen MR) is 85.8 cm³/mol. The van der Waals surface area contributed by atoms with Crippen LogP contribution in [0.3, 0.4) is 0 Å². The number of hydrogen-bond acceptors (Lipinski definition) is 4. The van der Waals surface area contributed by atoms with Gasteiger partial charge in [-0.3, -0.25) is 9.69 Å². The van der Waals surface area contributed by atoms with Crippen molar-refractivity contribution < 1.29 is 14.3 Å². The number of amides is 2. The molecule has 1 aromatic carbocycles. The van der Waals surface area contributed by atoms with Gasteiger partial charge in [-0.05, 0) is 18.9 Å². The molecule has 2 aliphatic heterocycles. The van der Waals surface area contributed by atoms with Crippen LogP contribution in [0.15, 0.2) is 30.3 Å². The van der Waals surface area contributed by atoms with Crippen molar-refractivity contribution in [1.82, 2.24) is 15.1 Å². The molecule has 0 radical (unpaired) electrons. The smallest absolute Gasteiger partial charge is 0.407 e. The van der Waals surface area contributed by atoms with Gasteiger partial charge >= 0.3 is 6.09 Å². The minimum Gasteiger partial charge on any atom is -0.447 e. The van der Waals surface area contributed by atoms with E-state index in [-0.39, 0.29) is 18.6 Å². The van der Waals surface area contributed by atoms with E-state index >= 15 is 0 Å². The molecule has 1 N–H and O–H groups in total. The average molecular weight is 317 g/mol. The van der Waals surface area contributed by atoms with Crippen LogP contribution in [0.2, 0.25) is 0 Å². The van der Waals surface area contributed by atoms with Crippen LogP contribution < -0.4 is 5.32 Å². The second-order valence-electron chi connectivity index (χ2n) is 6.25. The minimum absolute atomic E-state index is 0.0371. The van der Waals surface area contributed by atoms with Crippen LogP contribution in [0.25, 0.3) is 0 Å². The number of benzene rings is 1. The normalized spacial score (nSPS) is 25.6. The Hall–Kier alpha value is -2.08. The highest BCUT2D eigenvalue weighted by Crippen LogP contribution is 2.15. The predicted octanol–water partition coefficient (Wildman–Crippen LogP) is 1.22. The number of alkyl carbamates (subject to hydrolysis) is 1. The summed E-state index contributed by atoms with van der Waals surface area (Å²) in [5.74, 6) is -0.0371. The van der Waals surface area contributed by atoms with Gasteiger partial charge in [0.25, 0.3) is 0 Å². The Morgan fingerprint density at radius 2 is 2.09 bits per heavy atom. The van der Waals surface area contributed by atoms with Crippen LogP contribution >= 0.6 is 0 Å². The van der Waals surface area contributed by atoms with Crippen LogP contribution in [0.5, 0.6) is 0 Å². The third-order valence-electron chi connectivity index (χ3n) is 4.43. The first-order chi connectivity index (χ1) is 11.1. The zero-order chi connectivity index (χ0) is 16.2. The quantitative estimate of drug-likeness (QED) is 0.910. The van der Waals surface area contributed by atoms with Crippen LogP contribution in [-0.2, 0) is 16.1 Å². The fourth-order valence-electron chi connectivity index (χ4n) is 3.28. The summed E-state index contributed by atoms with van der Waals surface area (Å²) in [7, 11) is 0. The van der Waals surface area contributed by atoms with Gasteiger partial charge in [0.1, 0.15) is 12.6 Å². The van der Waals surface area contributed by atoms with Crippen molar-refractivity contribution in [3.05, 3.63) is 35.9 Å². The second kappa shape index (κ2) is 7.00. The summed E-state index contributed by atoms with van der Waals surface area (Å²) in [6.45, 7) is 5.63. The van der Waals surface area contributed by atoms with Crippen LogP contribution in [-0.4, -0.2) is 60.1 Å². The molecule has 6 nitrogen and oxygen atoms in total. The Kier molecular flexibility index (Phi) is 4.81. The molecule has 3 rings (SSSR count). The summed E-state index contributed by atoms with van der Waals surface area (Å²) in [5.41, 5.74) is 1.29. The number of carbonyl (C=O) groups excluding carboxylic acids is 2. The molecule has 2 amide bonds. The van der Waals surface area contributed by atoms with Gasteiger partial charge in [0.15, 0.2) is 0 Å². The SMILES string of the molecule is CC1CN(Cc2ccccc2)CCCN1C(=O)[C@H]1COC(=O)N1. The summed E-state index contributed by atoms with van der Waals surface area (Å²) >= 11 is 0. The molecule has 0 aromatic heterocycles. The van der Waals surface area contributed by atoms with Crippen molar-refractivity contribution in [2.75, 3.05) is 26.2 Å². The molecule has 1 unspecified atom stereocenters. The number of nitrogens with zero attached hydrogens (tertiary/aromatic N) is 2. The molecule has 6 heteroatoms. The lowest BCUT2D eigenvalue weighted by atomic mass is 10.2. The van der Waals surface area contributed by atoms with Gasteiger partial charge < -0.3 is 15.0 Å². The maximum Gasteiger partial charge on any atom is 0.407 e. The molecule has 2 atom stereocenters. The summed E-state index contributed by atoms with van der Waals surface area (Å²) in [4.78, 5) is 28.0. The summed E-state index contributed by atoms with van der Waals surface area (Å²) in [6.07, 6.45) is 0.432. The molecule has 1 aromatic rings. The number of rotatable bonds is 3. The lowest BCUT2D eigenvalue weighted by Crippen LogP contribution is -2.50. The number of cyclic esters (lactones) is 1.